The van der Waals surface area contributed by atoms with Crippen LogP contribution in [-0.2, 0) is 37.7 Å². The zero-order valence-electron chi connectivity index (χ0n) is 23.0. The highest BCUT2D eigenvalue weighted by Gasteiger charge is 2.37. The quantitative estimate of drug-likeness (QED) is 0.151. The number of ether oxygens (including phenoxy) is 4. The molecule has 224 valence electrons. The van der Waals surface area contributed by atoms with Crippen molar-refractivity contribution in [2.24, 2.45) is 0 Å². The fourth-order valence-electron chi connectivity index (χ4n) is 4.29. The number of hydrogen-bond acceptors (Lipinski definition) is 5. The highest BCUT2D eigenvalue weighted by Crippen LogP contribution is 2.38. The Bertz CT molecular complexity index is 1070. The molecule has 40 heavy (non-hydrogen) atoms. The van der Waals surface area contributed by atoms with Crippen molar-refractivity contribution in [3.8, 4) is 0 Å². The third kappa shape index (κ3) is 10.6. The lowest BCUT2D eigenvalue weighted by Crippen LogP contribution is -2.31. The monoisotopic (exact) mass is 577 g/mol. The summed E-state index contributed by atoms with van der Waals surface area (Å²) in [6.45, 7) is 5.03. The predicted molar refractivity (Wildman–Crippen MR) is 140 cm³/mol. The van der Waals surface area contributed by atoms with Crippen LogP contribution in [-0.4, -0.2) is 65.9 Å². The molecule has 2 aliphatic heterocycles. The molecular formula is C29H37F6NO4. The van der Waals surface area contributed by atoms with E-state index in [2.05, 4.69) is 0 Å². The lowest BCUT2D eigenvalue weighted by Gasteiger charge is -2.26. The van der Waals surface area contributed by atoms with Gasteiger partial charge in [0.05, 0.1) is 43.2 Å². The van der Waals surface area contributed by atoms with E-state index in [-0.39, 0.29) is 17.2 Å². The molecule has 4 rings (SSSR count). The first kappa shape index (κ1) is 32.2. The molecule has 0 N–H and O–H groups in total. The predicted octanol–water partition coefficient (Wildman–Crippen LogP) is 6.68. The fourth-order valence-corrected chi connectivity index (χ4v) is 4.29. The van der Waals surface area contributed by atoms with Gasteiger partial charge in [0.2, 0.25) is 0 Å². The summed E-state index contributed by atoms with van der Waals surface area (Å²) < 4.78 is 102. The van der Waals surface area contributed by atoms with Crippen molar-refractivity contribution in [2.45, 2.75) is 57.2 Å². The van der Waals surface area contributed by atoms with Crippen LogP contribution in [0.25, 0.3) is 0 Å². The molecule has 2 saturated heterocycles. The van der Waals surface area contributed by atoms with Gasteiger partial charge in [-0.25, -0.2) is 0 Å². The molecule has 2 aromatic carbocycles. The molecule has 0 radical (unpaired) electrons. The van der Waals surface area contributed by atoms with Gasteiger partial charge < -0.3 is 23.8 Å². The zero-order chi connectivity index (χ0) is 29.3. The fraction of sp³-hybridized carbons (Fsp3) is 0.586. The summed E-state index contributed by atoms with van der Waals surface area (Å²) in [7, 11) is 3.24. The minimum absolute atomic E-state index is 0.0484. The first-order valence-corrected chi connectivity index (χ1v) is 13.2. The Balaban J connectivity index is 0.000000415. The topological polar surface area (TPSA) is 46.8 Å². The standard InChI is InChI=1S/C22H23F6NO2.C7H14O2/c1-14-3-4-15(19(9-14)21(23,24)25)10-16-5-6-17(11-20(16)22(26,27)28)29(7-8-30-2)12-18-13-31-18;1-8-5-3-2-4-7-6-9-7/h3-6,9,11,18H,7-8,10,12-13H2,1-2H3;7H,2-6H2,1H3. The van der Waals surface area contributed by atoms with E-state index in [0.717, 1.165) is 25.3 Å². The summed E-state index contributed by atoms with van der Waals surface area (Å²) >= 11 is 0. The number of nitrogens with zero attached hydrogens (tertiary/aromatic N) is 1. The molecule has 0 amide bonds. The third-order valence-corrected chi connectivity index (χ3v) is 6.63. The number of benzene rings is 2. The lowest BCUT2D eigenvalue weighted by atomic mass is 9.94. The van der Waals surface area contributed by atoms with Crippen LogP contribution in [0.4, 0.5) is 32.0 Å². The first-order chi connectivity index (χ1) is 18.9. The van der Waals surface area contributed by atoms with Crippen molar-refractivity contribution in [1.29, 1.82) is 0 Å². The Hall–Kier alpha value is -2.34. The number of unbranched alkanes of at least 4 members (excludes halogenated alkanes) is 1. The number of rotatable bonds is 13. The van der Waals surface area contributed by atoms with Gasteiger partial charge in [-0.05, 0) is 61.9 Å². The van der Waals surface area contributed by atoms with Gasteiger partial charge in [0.25, 0.3) is 0 Å². The number of epoxide rings is 2. The van der Waals surface area contributed by atoms with Gasteiger partial charge in [-0.15, -0.1) is 0 Å². The van der Waals surface area contributed by atoms with E-state index >= 15 is 0 Å². The molecule has 2 heterocycles. The van der Waals surface area contributed by atoms with E-state index in [0.29, 0.717) is 43.7 Å². The molecular weight excluding hydrogens is 540 g/mol. The van der Waals surface area contributed by atoms with Crippen LogP contribution in [0, 0.1) is 6.92 Å². The van der Waals surface area contributed by atoms with Crippen molar-refractivity contribution in [3.05, 3.63) is 64.2 Å². The Morgan fingerprint density at radius 1 is 0.800 bits per heavy atom. The van der Waals surface area contributed by atoms with Crippen molar-refractivity contribution in [1.82, 2.24) is 0 Å². The second-order valence-electron chi connectivity index (χ2n) is 10.0. The highest BCUT2D eigenvalue weighted by atomic mass is 19.4. The van der Waals surface area contributed by atoms with Crippen LogP contribution in [0.5, 0.6) is 0 Å². The van der Waals surface area contributed by atoms with Gasteiger partial charge >= 0.3 is 12.4 Å². The van der Waals surface area contributed by atoms with Crippen LogP contribution >= 0.6 is 0 Å². The summed E-state index contributed by atoms with van der Waals surface area (Å²) in [5.74, 6) is 0. The molecule has 2 aromatic rings. The molecule has 11 heteroatoms. The van der Waals surface area contributed by atoms with E-state index in [1.54, 1.807) is 12.0 Å². The SMILES string of the molecule is COCCCCC1CO1.COCCN(CC1CO1)c1ccc(Cc2ccc(C)cc2C(F)(F)F)c(C(F)(F)F)c1. The maximum Gasteiger partial charge on any atom is 0.416 e. The maximum absolute atomic E-state index is 13.8. The number of anilines is 1. The molecule has 2 aliphatic rings. The van der Waals surface area contributed by atoms with Gasteiger partial charge in [0, 0.05) is 39.6 Å². The van der Waals surface area contributed by atoms with Gasteiger partial charge in [-0.2, -0.15) is 26.3 Å². The van der Waals surface area contributed by atoms with Crippen molar-refractivity contribution in [2.75, 3.05) is 58.6 Å². The van der Waals surface area contributed by atoms with E-state index < -0.39 is 29.9 Å². The van der Waals surface area contributed by atoms with Crippen LogP contribution in [0.3, 0.4) is 0 Å². The molecule has 2 unspecified atom stereocenters. The summed E-state index contributed by atoms with van der Waals surface area (Å²) in [6, 6.07) is 7.42. The van der Waals surface area contributed by atoms with Crippen molar-refractivity contribution >= 4 is 5.69 Å². The lowest BCUT2D eigenvalue weighted by molar-refractivity contribution is -0.138. The van der Waals surface area contributed by atoms with Crippen LogP contribution in [0.1, 0.15) is 47.1 Å². The zero-order valence-corrected chi connectivity index (χ0v) is 23.0. The number of methoxy groups -OCH3 is 2. The Kier molecular flexibility index (Phi) is 11.7. The molecule has 2 fully saturated rings. The molecule has 2 atom stereocenters. The summed E-state index contributed by atoms with van der Waals surface area (Å²) in [4.78, 5) is 1.73. The van der Waals surface area contributed by atoms with E-state index in [4.69, 9.17) is 18.9 Å². The smallest absolute Gasteiger partial charge is 0.385 e. The number of halogens is 6. The molecule has 0 saturated carbocycles. The molecule has 0 aliphatic carbocycles. The van der Waals surface area contributed by atoms with Crippen molar-refractivity contribution in [3.63, 3.8) is 0 Å². The molecule has 0 aromatic heterocycles. The minimum atomic E-state index is -4.71. The Morgan fingerprint density at radius 3 is 1.93 bits per heavy atom. The van der Waals surface area contributed by atoms with Gasteiger partial charge in [0.15, 0.2) is 0 Å². The van der Waals surface area contributed by atoms with Gasteiger partial charge in [-0.1, -0.05) is 23.8 Å². The number of aryl methyl sites for hydroxylation is 1. The van der Waals surface area contributed by atoms with Gasteiger partial charge in [0.1, 0.15) is 0 Å². The average Bonchev–Trinajstić information content (AvgIpc) is 3.81. The summed E-state index contributed by atoms with van der Waals surface area (Å²) in [5.41, 5.74) is -1.56. The maximum atomic E-state index is 13.8. The van der Waals surface area contributed by atoms with E-state index in [1.165, 1.54) is 57.6 Å². The van der Waals surface area contributed by atoms with Crippen LogP contribution < -0.4 is 4.90 Å². The van der Waals surface area contributed by atoms with Crippen molar-refractivity contribution < 1.29 is 45.3 Å². The molecule has 0 spiro atoms. The Labute approximate surface area is 231 Å². The van der Waals surface area contributed by atoms with E-state index in [9.17, 15) is 26.3 Å². The van der Waals surface area contributed by atoms with Gasteiger partial charge in [-0.3, -0.25) is 0 Å². The first-order valence-electron chi connectivity index (χ1n) is 13.2. The number of alkyl halides is 6. The summed E-state index contributed by atoms with van der Waals surface area (Å²) in [5, 5.41) is 0. The molecule has 0 bridgehead atoms. The Morgan fingerprint density at radius 2 is 1.38 bits per heavy atom. The number of hydrogen-bond donors (Lipinski definition) is 0. The second kappa shape index (κ2) is 14.5. The second-order valence-corrected chi connectivity index (χ2v) is 10.0. The highest BCUT2D eigenvalue weighted by molar-refractivity contribution is 5.53. The summed E-state index contributed by atoms with van der Waals surface area (Å²) in [6.07, 6.45) is -5.64. The molecule has 5 nitrogen and oxygen atoms in total. The normalized spacial score (nSPS) is 18.2. The largest absolute Gasteiger partial charge is 0.416 e. The van der Waals surface area contributed by atoms with E-state index in [1.807, 2.05) is 0 Å². The third-order valence-electron chi connectivity index (χ3n) is 6.63. The van der Waals surface area contributed by atoms with Crippen LogP contribution in [0.2, 0.25) is 0 Å². The van der Waals surface area contributed by atoms with Crippen LogP contribution in [0.15, 0.2) is 36.4 Å². The average molecular weight is 578 g/mol. The minimum Gasteiger partial charge on any atom is -0.385 e.